The van der Waals surface area contributed by atoms with Gasteiger partial charge in [-0.3, -0.25) is 0 Å². The van der Waals surface area contributed by atoms with Crippen LogP contribution in [0.15, 0.2) is 94.2 Å². The summed E-state index contributed by atoms with van der Waals surface area (Å²) in [5, 5.41) is 0. The Morgan fingerprint density at radius 2 is 1.71 bits per heavy atom. The summed E-state index contributed by atoms with van der Waals surface area (Å²) in [7, 11) is 2.14. The Hall–Kier alpha value is -2.98. The van der Waals surface area contributed by atoms with Crippen molar-refractivity contribution in [2.75, 3.05) is 26.7 Å². The Labute approximate surface area is 208 Å². The minimum absolute atomic E-state index is 0.428. The van der Waals surface area contributed by atoms with E-state index in [-0.39, 0.29) is 0 Å². The summed E-state index contributed by atoms with van der Waals surface area (Å²) in [6.07, 6.45) is 3.79. The Kier molecular flexibility index (Phi) is 6.77. The van der Waals surface area contributed by atoms with E-state index < -0.39 is 0 Å². The molecule has 5 rings (SSSR count). The van der Waals surface area contributed by atoms with Gasteiger partial charge in [0.2, 0.25) is 0 Å². The molecule has 0 saturated carbocycles. The molecule has 3 aromatic carbocycles. The molecule has 1 unspecified atom stereocenters. The molecule has 2 heterocycles. The van der Waals surface area contributed by atoms with Crippen LogP contribution in [0.25, 0.3) is 5.70 Å². The van der Waals surface area contributed by atoms with Crippen LogP contribution in [-0.4, -0.2) is 42.3 Å². The van der Waals surface area contributed by atoms with E-state index in [2.05, 4.69) is 103 Å². The molecular formula is C30H33N3S. The summed E-state index contributed by atoms with van der Waals surface area (Å²) in [4.78, 5) is 12.5. The average molecular weight is 468 g/mol. The Balaban J connectivity index is 1.44. The second-order valence-corrected chi connectivity index (χ2v) is 10.5. The lowest BCUT2D eigenvalue weighted by molar-refractivity contribution is 0.342. The third-order valence-electron chi connectivity index (χ3n) is 6.90. The van der Waals surface area contributed by atoms with Gasteiger partial charge >= 0.3 is 0 Å². The maximum Gasteiger partial charge on any atom is 0.137 e. The lowest BCUT2D eigenvalue weighted by Crippen LogP contribution is -2.36. The van der Waals surface area contributed by atoms with Gasteiger partial charge in [0, 0.05) is 47.7 Å². The van der Waals surface area contributed by atoms with Crippen molar-refractivity contribution in [3.63, 3.8) is 0 Å². The molecular weight excluding hydrogens is 434 g/mol. The van der Waals surface area contributed by atoms with Crippen molar-refractivity contribution in [3.05, 3.63) is 96.1 Å². The predicted octanol–water partition coefficient (Wildman–Crippen LogP) is 7.42. The molecule has 0 spiro atoms. The molecule has 0 aromatic heterocycles. The van der Waals surface area contributed by atoms with Crippen LogP contribution >= 0.6 is 11.8 Å². The fourth-order valence-electron chi connectivity index (χ4n) is 4.88. The zero-order chi connectivity index (χ0) is 23.5. The molecule has 2 aliphatic heterocycles. The standard InChI is InChI=1S/C30H33N3S/c1-22(24-12-6-4-7-13-24)21-32(3)23(2)25-16-17-29-27(20-25)31-30(33-18-10-5-11-19-33)26-14-8-9-15-28(26)34-29/h4,6-9,12-17,20,22H,2,5,10-11,18-19,21H2,1,3H3. The summed E-state index contributed by atoms with van der Waals surface area (Å²) >= 11 is 1.82. The van der Waals surface area contributed by atoms with Crippen LogP contribution in [-0.2, 0) is 0 Å². The highest BCUT2D eigenvalue weighted by molar-refractivity contribution is 7.99. The number of benzene rings is 3. The Bertz CT molecular complexity index is 1190. The molecule has 0 aliphatic carbocycles. The Morgan fingerprint density at radius 1 is 0.971 bits per heavy atom. The number of aliphatic imine (C=N–C) groups is 1. The number of hydrogen-bond acceptors (Lipinski definition) is 4. The molecule has 0 bridgehead atoms. The monoisotopic (exact) mass is 467 g/mol. The molecule has 174 valence electrons. The molecule has 1 atom stereocenters. The zero-order valence-electron chi connectivity index (χ0n) is 20.2. The van der Waals surface area contributed by atoms with E-state index in [1.807, 2.05) is 11.8 Å². The highest BCUT2D eigenvalue weighted by Crippen LogP contribution is 2.42. The van der Waals surface area contributed by atoms with Crippen LogP contribution in [0.4, 0.5) is 5.69 Å². The van der Waals surface area contributed by atoms with Crippen LogP contribution in [0.2, 0.25) is 0 Å². The minimum atomic E-state index is 0.428. The number of amidine groups is 1. The van der Waals surface area contributed by atoms with E-state index in [0.29, 0.717) is 5.92 Å². The average Bonchev–Trinajstić information content (AvgIpc) is 3.05. The van der Waals surface area contributed by atoms with Gasteiger partial charge in [0.25, 0.3) is 0 Å². The summed E-state index contributed by atoms with van der Waals surface area (Å²) in [5.74, 6) is 1.55. The molecule has 1 saturated heterocycles. The van der Waals surface area contributed by atoms with Crippen LogP contribution in [0.1, 0.15) is 48.8 Å². The summed E-state index contributed by atoms with van der Waals surface area (Å²) < 4.78 is 0. The first-order valence-electron chi connectivity index (χ1n) is 12.3. The first kappa shape index (κ1) is 22.8. The predicted molar refractivity (Wildman–Crippen MR) is 145 cm³/mol. The van der Waals surface area contributed by atoms with Crippen LogP contribution < -0.4 is 0 Å². The van der Waals surface area contributed by atoms with Gasteiger partial charge < -0.3 is 9.80 Å². The van der Waals surface area contributed by atoms with Gasteiger partial charge in [-0.2, -0.15) is 0 Å². The van der Waals surface area contributed by atoms with Gasteiger partial charge in [-0.25, -0.2) is 4.99 Å². The number of rotatable bonds is 5. The molecule has 0 N–H and O–H groups in total. The first-order valence-corrected chi connectivity index (χ1v) is 13.1. The highest BCUT2D eigenvalue weighted by Gasteiger charge is 2.23. The Morgan fingerprint density at radius 3 is 2.50 bits per heavy atom. The number of likely N-dealkylation sites (N-methyl/N-ethyl adjacent to an activating group) is 1. The number of piperidine rings is 1. The number of likely N-dealkylation sites (tertiary alicyclic amines) is 1. The molecule has 0 radical (unpaired) electrons. The van der Waals surface area contributed by atoms with Crippen LogP contribution in [0, 0.1) is 0 Å². The van der Waals surface area contributed by atoms with Gasteiger partial charge in [0.05, 0.1) is 5.69 Å². The fourth-order valence-corrected chi connectivity index (χ4v) is 5.88. The molecule has 34 heavy (non-hydrogen) atoms. The van der Waals surface area contributed by atoms with Crippen molar-refractivity contribution in [2.24, 2.45) is 4.99 Å². The van der Waals surface area contributed by atoms with Gasteiger partial charge in [0.1, 0.15) is 5.84 Å². The molecule has 3 aromatic rings. The molecule has 2 aliphatic rings. The number of fused-ring (bicyclic) bond motifs is 2. The summed E-state index contributed by atoms with van der Waals surface area (Å²) in [5.41, 5.74) is 5.82. The van der Waals surface area contributed by atoms with Gasteiger partial charge in [0.15, 0.2) is 0 Å². The summed E-state index contributed by atoms with van der Waals surface area (Å²) in [6.45, 7) is 9.81. The van der Waals surface area contributed by atoms with E-state index in [1.165, 1.54) is 40.2 Å². The van der Waals surface area contributed by atoms with E-state index in [1.54, 1.807) is 0 Å². The maximum atomic E-state index is 5.28. The van der Waals surface area contributed by atoms with Crippen LogP contribution in [0.5, 0.6) is 0 Å². The molecule has 3 nitrogen and oxygen atoms in total. The van der Waals surface area contributed by atoms with Crippen molar-refractivity contribution in [1.82, 2.24) is 9.80 Å². The van der Waals surface area contributed by atoms with Crippen molar-refractivity contribution < 1.29 is 0 Å². The van der Waals surface area contributed by atoms with E-state index in [4.69, 9.17) is 4.99 Å². The third-order valence-corrected chi connectivity index (χ3v) is 8.04. The van der Waals surface area contributed by atoms with E-state index >= 15 is 0 Å². The van der Waals surface area contributed by atoms with E-state index in [0.717, 1.165) is 42.4 Å². The summed E-state index contributed by atoms with van der Waals surface area (Å²) in [6, 6.07) is 26.0. The van der Waals surface area contributed by atoms with Gasteiger partial charge in [-0.15, -0.1) is 0 Å². The quantitative estimate of drug-likeness (QED) is 0.389. The van der Waals surface area contributed by atoms with Gasteiger partial charge in [-0.1, -0.05) is 79.9 Å². The second kappa shape index (κ2) is 10.1. The second-order valence-electron chi connectivity index (χ2n) is 9.40. The number of nitrogens with zero attached hydrogens (tertiary/aromatic N) is 3. The SMILES string of the molecule is C=C(c1ccc2c(c1)N=C(N1CCCCC1)c1ccccc1S2)N(C)CC(C)c1ccccc1. The number of hydrogen-bond donors (Lipinski definition) is 0. The topological polar surface area (TPSA) is 18.8 Å². The lowest BCUT2D eigenvalue weighted by atomic mass is 10.0. The maximum absolute atomic E-state index is 5.28. The van der Waals surface area contributed by atoms with Crippen molar-refractivity contribution in [2.45, 2.75) is 41.9 Å². The lowest BCUT2D eigenvalue weighted by Gasteiger charge is -2.30. The first-order chi connectivity index (χ1) is 16.6. The van der Waals surface area contributed by atoms with Crippen molar-refractivity contribution in [3.8, 4) is 0 Å². The van der Waals surface area contributed by atoms with Crippen molar-refractivity contribution >= 4 is 29.0 Å². The van der Waals surface area contributed by atoms with Gasteiger partial charge in [-0.05, 0) is 54.5 Å². The van der Waals surface area contributed by atoms with Crippen molar-refractivity contribution in [1.29, 1.82) is 0 Å². The third kappa shape index (κ3) is 4.78. The fraction of sp³-hybridized carbons (Fsp3) is 0.300. The largest absolute Gasteiger partial charge is 0.374 e. The smallest absolute Gasteiger partial charge is 0.137 e. The minimum Gasteiger partial charge on any atom is -0.374 e. The highest BCUT2D eigenvalue weighted by atomic mass is 32.2. The van der Waals surface area contributed by atoms with Crippen LogP contribution in [0.3, 0.4) is 0 Å². The van der Waals surface area contributed by atoms with E-state index in [9.17, 15) is 0 Å². The molecule has 4 heteroatoms. The normalized spacial score (nSPS) is 16.1. The molecule has 0 amide bonds. The molecule has 1 fully saturated rings. The zero-order valence-corrected chi connectivity index (χ0v) is 21.0.